The van der Waals surface area contributed by atoms with Crippen LogP contribution in [0.25, 0.3) is 11.0 Å². The molecule has 0 fully saturated rings. The van der Waals surface area contributed by atoms with Gasteiger partial charge in [-0.05, 0) is 19.2 Å². The quantitative estimate of drug-likeness (QED) is 0.240. The summed E-state index contributed by atoms with van der Waals surface area (Å²) in [6.07, 6.45) is 0. The van der Waals surface area contributed by atoms with Gasteiger partial charge in [-0.25, -0.2) is 4.79 Å². The highest BCUT2D eigenvalue weighted by Crippen LogP contribution is 2.08. The largest absolute Gasteiger partial charge is 0.464 e. The zero-order valence-corrected chi connectivity index (χ0v) is 13.2. The van der Waals surface area contributed by atoms with E-state index in [9.17, 15) is 9.59 Å². The highest BCUT2D eigenvalue weighted by Gasteiger charge is 1.92. The average Bonchev–Trinajstić information content (AvgIpc) is 2.54. The van der Waals surface area contributed by atoms with E-state index in [-0.39, 0.29) is 24.2 Å². The molecular formula is C15H22N4O4. The van der Waals surface area contributed by atoms with Gasteiger partial charge in [-0.3, -0.25) is 9.79 Å². The van der Waals surface area contributed by atoms with Crippen molar-refractivity contribution in [2.75, 3.05) is 20.2 Å². The van der Waals surface area contributed by atoms with Gasteiger partial charge in [0.1, 0.15) is 12.2 Å². The minimum absolute atomic E-state index is 0.00662. The van der Waals surface area contributed by atoms with Crippen LogP contribution in [-0.2, 0) is 9.53 Å². The molecule has 126 valence electrons. The number of benzene rings is 1. The number of para-hydroxylation sites is 1. The van der Waals surface area contributed by atoms with Gasteiger partial charge in [0.25, 0.3) is 0 Å². The molecule has 0 unspecified atom stereocenters. The second-order valence-corrected chi connectivity index (χ2v) is 3.94. The Bertz CT molecular complexity index is 678. The van der Waals surface area contributed by atoms with Crippen molar-refractivity contribution in [1.29, 1.82) is 0 Å². The zero-order chi connectivity index (χ0) is 17.7. The standard InChI is InChI=1S/C9H6O2.C5H11N3O2.CH5N/c10-9-6-5-7-3-1-2-4-8(7)11-9;1-4(9)10-3-2-8-5(6)7;1-2/h1-6H;2-3H2,1H3,(H4,6,7,8);2H2,1H3. The number of fused-ring (bicyclic) bond motifs is 1. The van der Waals surface area contributed by atoms with E-state index in [1.165, 1.54) is 20.0 Å². The first-order chi connectivity index (χ1) is 11.0. The number of guanidine groups is 1. The summed E-state index contributed by atoms with van der Waals surface area (Å²) in [5.74, 6) is -0.321. The molecule has 1 aromatic carbocycles. The number of nitrogens with two attached hydrogens (primary N) is 3. The van der Waals surface area contributed by atoms with Gasteiger partial charge in [0.05, 0.1) is 6.54 Å². The van der Waals surface area contributed by atoms with Crippen LogP contribution in [0.4, 0.5) is 0 Å². The number of nitrogens with zero attached hydrogens (tertiary/aromatic N) is 1. The Balaban J connectivity index is 0.000000383. The number of aliphatic imine (C=N–C) groups is 1. The second kappa shape index (κ2) is 11.8. The number of carbonyl (C=O) groups is 1. The van der Waals surface area contributed by atoms with E-state index in [2.05, 4.69) is 15.5 Å². The Morgan fingerprint density at radius 2 is 1.83 bits per heavy atom. The molecule has 1 heterocycles. The smallest absolute Gasteiger partial charge is 0.336 e. The summed E-state index contributed by atoms with van der Waals surface area (Å²) in [7, 11) is 1.50. The maximum absolute atomic E-state index is 10.7. The highest BCUT2D eigenvalue weighted by atomic mass is 16.5. The van der Waals surface area contributed by atoms with E-state index in [1.807, 2.05) is 18.2 Å². The number of esters is 1. The number of carbonyl (C=O) groups excluding carboxylic acids is 1. The topological polar surface area (TPSA) is 147 Å². The van der Waals surface area contributed by atoms with Crippen molar-refractivity contribution < 1.29 is 13.9 Å². The van der Waals surface area contributed by atoms with Crippen LogP contribution in [0.3, 0.4) is 0 Å². The van der Waals surface area contributed by atoms with Gasteiger partial charge in [-0.1, -0.05) is 18.2 Å². The van der Waals surface area contributed by atoms with Crippen molar-refractivity contribution in [3.63, 3.8) is 0 Å². The summed E-state index contributed by atoms with van der Waals surface area (Å²) in [6.45, 7) is 1.88. The lowest BCUT2D eigenvalue weighted by Gasteiger charge is -1.96. The fraction of sp³-hybridized carbons (Fsp3) is 0.267. The summed E-state index contributed by atoms with van der Waals surface area (Å²) in [4.78, 5) is 24.5. The Morgan fingerprint density at radius 1 is 1.17 bits per heavy atom. The van der Waals surface area contributed by atoms with Gasteiger partial charge in [-0.15, -0.1) is 0 Å². The minimum Gasteiger partial charge on any atom is -0.464 e. The molecule has 0 spiro atoms. The molecule has 2 rings (SSSR count). The second-order valence-electron chi connectivity index (χ2n) is 3.94. The third-order valence-electron chi connectivity index (χ3n) is 2.22. The van der Waals surface area contributed by atoms with Crippen LogP contribution < -0.4 is 22.8 Å². The lowest BCUT2D eigenvalue weighted by atomic mass is 10.2. The number of ether oxygens (including phenoxy) is 1. The minimum atomic E-state index is -0.328. The highest BCUT2D eigenvalue weighted by molar-refractivity contribution is 5.76. The van der Waals surface area contributed by atoms with Gasteiger partial charge in [0, 0.05) is 18.4 Å². The zero-order valence-electron chi connectivity index (χ0n) is 13.2. The first-order valence-electron chi connectivity index (χ1n) is 6.74. The molecule has 0 atom stereocenters. The van der Waals surface area contributed by atoms with Crippen LogP contribution in [0, 0.1) is 0 Å². The molecule has 1 aromatic heterocycles. The Hall–Kier alpha value is -2.87. The molecule has 23 heavy (non-hydrogen) atoms. The Kier molecular flexibility index (Phi) is 10.3. The van der Waals surface area contributed by atoms with Gasteiger partial charge >= 0.3 is 11.6 Å². The van der Waals surface area contributed by atoms with E-state index in [1.54, 1.807) is 12.1 Å². The first kappa shape index (κ1) is 20.1. The summed E-state index contributed by atoms with van der Waals surface area (Å²) in [5.41, 5.74) is 14.8. The third-order valence-corrected chi connectivity index (χ3v) is 2.22. The average molecular weight is 322 g/mol. The van der Waals surface area contributed by atoms with Crippen LogP contribution in [-0.4, -0.2) is 32.1 Å². The monoisotopic (exact) mass is 322 g/mol. The predicted octanol–water partition coefficient (Wildman–Crippen LogP) is 0.191. The fourth-order valence-corrected chi connectivity index (χ4v) is 1.38. The molecule has 0 bridgehead atoms. The van der Waals surface area contributed by atoms with Gasteiger partial charge in [0.2, 0.25) is 0 Å². The molecule has 6 N–H and O–H groups in total. The van der Waals surface area contributed by atoms with Gasteiger partial charge < -0.3 is 26.4 Å². The predicted molar refractivity (Wildman–Crippen MR) is 89.9 cm³/mol. The molecule has 8 heteroatoms. The number of hydrogen-bond acceptors (Lipinski definition) is 6. The summed E-state index contributed by atoms with van der Waals surface area (Å²) in [6, 6.07) is 10.6. The van der Waals surface area contributed by atoms with Gasteiger partial charge in [0.15, 0.2) is 5.96 Å². The molecule has 0 saturated heterocycles. The summed E-state index contributed by atoms with van der Waals surface area (Å²) in [5, 5.41) is 0.951. The molecule has 8 nitrogen and oxygen atoms in total. The van der Waals surface area contributed by atoms with Crippen LogP contribution in [0.5, 0.6) is 0 Å². The molecule has 0 saturated carbocycles. The SMILES string of the molecule is CC(=O)OCCN=C(N)N.CN.O=c1ccc2ccccc2o1. The molecule has 2 aromatic rings. The number of rotatable bonds is 3. The van der Waals surface area contributed by atoms with Crippen molar-refractivity contribution >= 4 is 22.9 Å². The normalized spacial score (nSPS) is 8.83. The molecule has 0 aliphatic carbocycles. The number of hydrogen-bond donors (Lipinski definition) is 3. The molecule has 0 aliphatic rings. The van der Waals surface area contributed by atoms with E-state index < -0.39 is 0 Å². The fourth-order valence-electron chi connectivity index (χ4n) is 1.38. The third kappa shape index (κ3) is 9.64. The Labute approximate surface area is 133 Å². The van der Waals surface area contributed by atoms with Crippen molar-refractivity contribution in [1.82, 2.24) is 0 Å². The van der Waals surface area contributed by atoms with E-state index in [0.29, 0.717) is 12.1 Å². The first-order valence-corrected chi connectivity index (χ1v) is 6.74. The van der Waals surface area contributed by atoms with Crippen LogP contribution >= 0.6 is 0 Å². The van der Waals surface area contributed by atoms with E-state index in [0.717, 1.165) is 5.39 Å². The van der Waals surface area contributed by atoms with Gasteiger partial charge in [-0.2, -0.15) is 0 Å². The molecule has 0 aliphatic heterocycles. The summed E-state index contributed by atoms with van der Waals surface area (Å²) >= 11 is 0. The molecule has 0 radical (unpaired) electrons. The lowest BCUT2D eigenvalue weighted by molar-refractivity contribution is -0.140. The molecule has 0 amide bonds. The molecular weight excluding hydrogens is 300 g/mol. The van der Waals surface area contributed by atoms with Crippen LogP contribution in [0.2, 0.25) is 0 Å². The maximum atomic E-state index is 10.7. The van der Waals surface area contributed by atoms with Crippen molar-refractivity contribution in [3.8, 4) is 0 Å². The maximum Gasteiger partial charge on any atom is 0.336 e. The van der Waals surface area contributed by atoms with Crippen molar-refractivity contribution in [2.45, 2.75) is 6.92 Å². The van der Waals surface area contributed by atoms with Crippen molar-refractivity contribution in [2.24, 2.45) is 22.2 Å². The van der Waals surface area contributed by atoms with E-state index in [4.69, 9.17) is 15.9 Å². The van der Waals surface area contributed by atoms with Crippen LogP contribution in [0.1, 0.15) is 6.92 Å². The summed E-state index contributed by atoms with van der Waals surface area (Å²) < 4.78 is 9.44. The lowest BCUT2D eigenvalue weighted by Crippen LogP contribution is -2.23. The van der Waals surface area contributed by atoms with Crippen molar-refractivity contribution in [3.05, 3.63) is 46.8 Å². The van der Waals surface area contributed by atoms with E-state index >= 15 is 0 Å². The Morgan fingerprint density at radius 3 is 2.43 bits per heavy atom. The van der Waals surface area contributed by atoms with Crippen LogP contribution in [0.15, 0.2) is 50.6 Å².